The molecule has 0 atom stereocenters. The van der Waals surface area contributed by atoms with Gasteiger partial charge in [0.1, 0.15) is 11.5 Å². The summed E-state index contributed by atoms with van der Waals surface area (Å²) >= 11 is 0. The van der Waals surface area contributed by atoms with Crippen LogP contribution in [0.2, 0.25) is 0 Å². The molecule has 3 aromatic carbocycles. The zero-order valence-electron chi connectivity index (χ0n) is 18.7. The Hall–Kier alpha value is -4.06. The van der Waals surface area contributed by atoms with E-state index in [2.05, 4.69) is 4.98 Å². The highest BCUT2D eigenvalue weighted by molar-refractivity contribution is 5.94. The number of amides is 1. The first-order valence-electron chi connectivity index (χ1n) is 10.7. The van der Waals surface area contributed by atoms with Crippen molar-refractivity contribution in [2.24, 2.45) is 0 Å². The summed E-state index contributed by atoms with van der Waals surface area (Å²) in [6.45, 7) is 0.684. The van der Waals surface area contributed by atoms with Crippen molar-refractivity contribution in [2.75, 3.05) is 20.8 Å². The van der Waals surface area contributed by atoms with Crippen LogP contribution in [0.4, 0.5) is 0 Å². The van der Waals surface area contributed by atoms with Crippen LogP contribution in [0, 0.1) is 0 Å². The molecule has 33 heavy (non-hydrogen) atoms. The maximum absolute atomic E-state index is 13.4. The molecule has 0 spiro atoms. The standard InChI is InChI=1S/C27H26N2O4/c1-32-23-11-8-20(9-12-23)27(31)29(15-14-19-6-4-3-5-7-19)18-22-16-21-10-13-24(33-2)17-25(21)28-26(22)30/h3-13,16-17H,14-15,18H2,1-2H3,(H,28,30). The molecule has 4 rings (SSSR count). The van der Waals surface area contributed by atoms with Crippen LogP contribution in [0.15, 0.2) is 83.7 Å². The fraction of sp³-hybridized carbons (Fsp3) is 0.185. The maximum Gasteiger partial charge on any atom is 0.254 e. The van der Waals surface area contributed by atoms with Gasteiger partial charge < -0.3 is 19.4 Å². The molecular weight excluding hydrogens is 416 g/mol. The average Bonchev–Trinajstić information content (AvgIpc) is 2.86. The van der Waals surface area contributed by atoms with Crippen LogP contribution in [0.1, 0.15) is 21.5 Å². The van der Waals surface area contributed by atoms with Crippen molar-refractivity contribution in [1.82, 2.24) is 9.88 Å². The largest absolute Gasteiger partial charge is 0.497 e. The number of pyridine rings is 1. The van der Waals surface area contributed by atoms with Crippen LogP contribution >= 0.6 is 0 Å². The van der Waals surface area contributed by atoms with E-state index >= 15 is 0 Å². The summed E-state index contributed by atoms with van der Waals surface area (Å²) in [5.74, 6) is 1.22. The van der Waals surface area contributed by atoms with E-state index in [0.717, 1.165) is 10.9 Å². The quantitative estimate of drug-likeness (QED) is 0.438. The second kappa shape index (κ2) is 10.0. The molecule has 0 saturated heterocycles. The highest BCUT2D eigenvalue weighted by Crippen LogP contribution is 2.20. The van der Waals surface area contributed by atoms with Gasteiger partial charge in [-0.15, -0.1) is 0 Å². The van der Waals surface area contributed by atoms with Gasteiger partial charge in [-0.25, -0.2) is 0 Å². The molecule has 0 fully saturated rings. The first-order valence-corrected chi connectivity index (χ1v) is 10.7. The minimum Gasteiger partial charge on any atom is -0.497 e. The number of aromatic amines is 1. The van der Waals surface area contributed by atoms with Gasteiger partial charge in [-0.3, -0.25) is 9.59 Å². The number of fused-ring (bicyclic) bond motifs is 1. The molecule has 0 unspecified atom stereocenters. The SMILES string of the molecule is COc1ccc(C(=O)N(CCc2ccccc2)Cc2cc3ccc(OC)cc3[nH]c2=O)cc1. The van der Waals surface area contributed by atoms with Crippen LogP contribution in [-0.2, 0) is 13.0 Å². The number of ether oxygens (including phenoxy) is 2. The first-order chi connectivity index (χ1) is 16.1. The molecule has 6 nitrogen and oxygen atoms in total. The summed E-state index contributed by atoms with van der Waals surface area (Å²) in [5.41, 5.74) is 2.68. The Kier molecular flexibility index (Phi) is 6.74. The third-order valence-electron chi connectivity index (χ3n) is 5.63. The van der Waals surface area contributed by atoms with Gasteiger partial charge in [0.05, 0.1) is 26.3 Å². The molecule has 6 heteroatoms. The number of methoxy groups -OCH3 is 2. The fourth-order valence-electron chi connectivity index (χ4n) is 3.75. The van der Waals surface area contributed by atoms with Crippen molar-refractivity contribution in [3.8, 4) is 11.5 Å². The van der Waals surface area contributed by atoms with Crippen LogP contribution in [0.3, 0.4) is 0 Å². The van der Waals surface area contributed by atoms with Crippen molar-refractivity contribution in [3.63, 3.8) is 0 Å². The molecule has 1 heterocycles. The Balaban J connectivity index is 1.63. The van der Waals surface area contributed by atoms with Crippen LogP contribution in [-0.4, -0.2) is 36.6 Å². The smallest absolute Gasteiger partial charge is 0.254 e. The number of benzene rings is 3. The average molecular weight is 443 g/mol. The molecular formula is C27H26N2O4. The van der Waals surface area contributed by atoms with E-state index in [4.69, 9.17) is 9.47 Å². The Morgan fingerprint density at radius 1 is 0.879 bits per heavy atom. The highest BCUT2D eigenvalue weighted by atomic mass is 16.5. The first kappa shape index (κ1) is 22.1. The number of carbonyl (C=O) groups is 1. The third-order valence-corrected chi connectivity index (χ3v) is 5.63. The van der Waals surface area contributed by atoms with Crippen molar-refractivity contribution in [1.29, 1.82) is 0 Å². The predicted molar refractivity (Wildman–Crippen MR) is 129 cm³/mol. The van der Waals surface area contributed by atoms with Crippen molar-refractivity contribution in [3.05, 3.63) is 106 Å². The summed E-state index contributed by atoms with van der Waals surface area (Å²) in [7, 11) is 3.17. The second-order valence-electron chi connectivity index (χ2n) is 7.77. The predicted octanol–water partition coefficient (Wildman–Crippen LogP) is 4.43. The normalized spacial score (nSPS) is 10.7. The summed E-state index contributed by atoms with van der Waals surface area (Å²) in [6, 6.07) is 24.4. The maximum atomic E-state index is 13.4. The zero-order valence-corrected chi connectivity index (χ0v) is 18.7. The molecule has 4 aromatic rings. The minimum atomic E-state index is -0.219. The molecule has 0 aliphatic rings. The topological polar surface area (TPSA) is 71.6 Å². The Bertz CT molecular complexity index is 1300. The molecule has 0 bridgehead atoms. The van der Waals surface area contributed by atoms with E-state index in [9.17, 15) is 9.59 Å². The molecule has 1 amide bonds. The van der Waals surface area contributed by atoms with Gasteiger partial charge in [0.15, 0.2) is 0 Å². The van der Waals surface area contributed by atoms with E-state index < -0.39 is 0 Å². The van der Waals surface area contributed by atoms with Crippen LogP contribution in [0.5, 0.6) is 11.5 Å². The second-order valence-corrected chi connectivity index (χ2v) is 7.77. The molecule has 0 radical (unpaired) electrons. The number of aromatic nitrogens is 1. The minimum absolute atomic E-state index is 0.136. The summed E-state index contributed by atoms with van der Waals surface area (Å²) in [4.78, 5) is 30.9. The third kappa shape index (κ3) is 5.23. The number of rotatable bonds is 8. The molecule has 1 aromatic heterocycles. The number of H-pyrrole nitrogens is 1. The summed E-state index contributed by atoms with van der Waals surface area (Å²) in [5, 5.41) is 0.880. The number of hydrogen-bond donors (Lipinski definition) is 1. The van der Waals surface area contributed by atoms with Gasteiger partial charge >= 0.3 is 0 Å². The number of nitrogens with one attached hydrogen (secondary N) is 1. The lowest BCUT2D eigenvalue weighted by atomic mass is 10.1. The Labute approximate surface area is 192 Å². The van der Waals surface area contributed by atoms with Crippen LogP contribution in [0.25, 0.3) is 10.9 Å². The van der Waals surface area contributed by atoms with Gasteiger partial charge in [0, 0.05) is 23.7 Å². The lowest BCUT2D eigenvalue weighted by Crippen LogP contribution is -2.34. The van der Waals surface area contributed by atoms with E-state index in [1.54, 1.807) is 49.5 Å². The Morgan fingerprint density at radius 3 is 2.27 bits per heavy atom. The monoisotopic (exact) mass is 442 g/mol. The van der Waals surface area contributed by atoms with Gasteiger partial charge in [0.25, 0.3) is 11.5 Å². The van der Waals surface area contributed by atoms with E-state index in [1.807, 2.05) is 48.5 Å². The summed E-state index contributed by atoms with van der Waals surface area (Å²) in [6.07, 6.45) is 0.686. The fourth-order valence-corrected chi connectivity index (χ4v) is 3.75. The van der Waals surface area contributed by atoms with Gasteiger partial charge in [-0.05, 0) is 59.8 Å². The summed E-state index contributed by atoms with van der Waals surface area (Å²) < 4.78 is 10.4. The lowest BCUT2D eigenvalue weighted by Gasteiger charge is -2.23. The number of carbonyl (C=O) groups excluding carboxylic acids is 1. The molecule has 0 saturated carbocycles. The van der Waals surface area contributed by atoms with E-state index in [0.29, 0.717) is 41.1 Å². The lowest BCUT2D eigenvalue weighted by molar-refractivity contribution is 0.0744. The van der Waals surface area contributed by atoms with Crippen molar-refractivity contribution >= 4 is 16.8 Å². The van der Waals surface area contributed by atoms with Crippen molar-refractivity contribution < 1.29 is 14.3 Å². The van der Waals surface area contributed by atoms with E-state index in [1.165, 1.54) is 0 Å². The Morgan fingerprint density at radius 2 is 1.58 bits per heavy atom. The highest BCUT2D eigenvalue weighted by Gasteiger charge is 2.18. The van der Waals surface area contributed by atoms with Crippen molar-refractivity contribution in [2.45, 2.75) is 13.0 Å². The van der Waals surface area contributed by atoms with Gasteiger partial charge in [-0.1, -0.05) is 30.3 Å². The molecule has 0 aliphatic carbocycles. The van der Waals surface area contributed by atoms with Gasteiger partial charge in [-0.2, -0.15) is 0 Å². The van der Waals surface area contributed by atoms with E-state index in [-0.39, 0.29) is 18.0 Å². The molecule has 168 valence electrons. The molecule has 1 N–H and O–H groups in total. The molecule has 0 aliphatic heterocycles. The van der Waals surface area contributed by atoms with Crippen LogP contribution < -0.4 is 15.0 Å². The zero-order chi connectivity index (χ0) is 23.2. The van der Waals surface area contributed by atoms with Gasteiger partial charge in [0.2, 0.25) is 0 Å². The number of hydrogen-bond acceptors (Lipinski definition) is 4. The number of nitrogens with zero attached hydrogens (tertiary/aromatic N) is 1.